The van der Waals surface area contributed by atoms with E-state index in [9.17, 15) is 10.1 Å². The molecular formula is C14H15NO3. The van der Waals surface area contributed by atoms with E-state index >= 15 is 0 Å². The van der Waals surface area contributed by atoms with Gasteiger partial charge in [0.2, 0.25) is 0 Å². The summed E-state index contributed by atoms with van der Waals surface area (Å²) in [6.45, 7) is 4.04. The summed E-state index contributed by atoms with van der Waals surface area (Å²) in [5.41, 5.74) is 1.82. The minimum absolute atomic E-state index is 0.164. The second-order valence-electron chi connectivity index (χ2n) is 4.56. The van der Waals surface area contributed by atoms with Crippen LogP contribution in [0.15, 0.2) is 41.0 Å². The average Bonchev–Trinajstić information content (AvgIpc) is 2.81. The quantitative estimate of drug-likeness (QED) is 0.606. The van der Waals surface area contributed by atoms with Crippen LogP contribution in [0.25, 0.3) is 0 Å². The topological polar surface area (TPSA) is 56.3 Å². The third-order valence-corrected chi connectivity index (χ3v) is 2.92. The summed E-state index contributed by atoms with van der Waals surface area (Å²) in [5.74, 6) is 1.01. The Morgan fingerprint density at radius 1 is 1.33 bits per heavy atom. The summed E-state index contributed by atoms with van der Waals surface area (Å²) in [6, 6.07) is 9.01. The molecule has 0 saturated carbocycles. The number of nitrogens with zero attached hydrogens (tertiary/aromatic N) is 1. The summed E-state index contributed by atoms with van der Waals surface area (Å²) in [7, 11) is 0. The molecule has 0 N–H and O–H groups in total. The fourth-order valence-electron chi connectivity index (χ4n) is 1.86. The monoisotopic (exact) mass is 245 g/mol. The van der Waals surface area contributed by atoms with Crippen LogP contribution in [0, 0.1) is 10.1 Å². The van der Waals surface area contributed by atoms with Crippen molar-refractivity contribution in [2.24, 2.45) is 0 Å². The van der Waals surface area contributed by atoms with Crippen LogP contribution in [0.3, 0.4) is 0 Å². The van der Waals surface area contributed by atoms with Gasteiger partial charge >= 0.3 is 0 Å². The third kappa shape index (κ3) is 2.59. The molecule has 1 aromatic heterocycles. The van der Waals surface area contributed by atoms with Crippen molar-refractivity contribution in [3.8, 4) is 0 Å². The molecular weight excluding hydrogens is 230 g/mol. The number of benzene rings is 1. The fourth-order valence-corrected chi connectivity index (χ4v) is 1.86. The van der Waals surface area contributed by atoms with Crippen LogP contribution < -0.4 is 0 Å². The first-order chi connectivity index (χ1) is 8.58. The van der Waals surface area contributed by atoms with Crippen molar-refractivity contribution in [2.75, 3.05) is 0 Å². The Balaban J connectivity index is 2.37. The molecule has 0 amide bonds. The van der Waals surface area contributed by atoms with Crippen molar-refractivity contribution in [3.05, 3.63) is 63.6 Å². The van der Waals surface area contributed by atoms with Crippen LogP contribution in [0.2, 0.25) is 0 Å². The summed E-state index contributed by atoms with van der Waals surface area (Å²) < 4.78 is 5.23. The largest absolute Gasteiger partial charge is 0.469 e. The van der Waals surface area contributed by atoms with E-state index in [1.807, 2.05) is 32.0 Å². The fraction of sp³-hybridized carbons (Fsp3) is 0.286. The zero-order valence-corrected chi connectivity index (χ0v) is 10.4. The van der Waals surface area contributed by atoms with Gasteiger partial charge in [-0.2, -0.15) is 0 Å². The number of nitro groups is 1. The van der Waals surface area contributed by atoms with Crippen LogP contribution in [-0.2, 0) is 6.42 Å². The van der Waals surface area contributed by atoms with E-state index in [1.54, 1.807) is 18.4 Å². The first-order valence-electron chi connectivity index (χ1n) is 5.87. The molecule has 18 heavy (non-hydrogen) atoms. The molecule has 4 nitrogen and oxygen atoms in total. The Kier molecular flexibility index (Phi) is 3.46. The molecule has 2 rings (SSSR count). The number of rotatable bonds is 4. The number of furan rings is 1. The molecule has 0 aliphatic heterocycles. The van der Waals surface area contributed by atoms with E-state index in [4.69, 9.17) is 4.42 Å². The van der Waals surface area contributed by atoms with E-state index < -0.39 is 0 Å². The molecule has 0 spiro atoms. The predicted molar refractivity (Wildman–Crippen MR) is 68.7 cm³/mol. The van der Waals surface area contributed by atoms with Gasteiger partial charge in [0.25, 0.3) is 5.69 Å². The molecule has 0 bridgehead atoms. The van der Waals surface area contributed by atoms with Gasteiger partial charge in [-0.3, -0.25) is 10.1 Å². The lowest BCUT2D eigenvalue weighted by atomic mass is 9.98. The van der Waals surface area contributed by atoms with Gasteiger partial charge in [0.05, 0.1) is 11.2 Å². The maximum atomic E-state index is 11.1. The van der Waals surface area contributed by atoms with E-state index in [1.165, 1.54) is 0 Å². The van der Waals surface area contributed by atoms with E-state index in [0.29, 0.717) is 12.0 Å². The zero-order valence-electron chi connectivity index (χ0n) is 10.4. The standard InChI is InChI=1S/C14H15NO3/c1-10(2)11-5-6-12(14(9-11)15(16)17)8-13-4-3-7-18-13/h3-7,9-10H,8H2,1-2H3. The zero-order chi connectivity index (χ0) is 13.1. The van der Waals surface area contributed by atoms with Crippen molar-refractivity contribution >= 4 is 5.69 Å². The Labute approximate surface area is 105 Å². The van der Waals surface area contributed by atoms with E-state index in [-0.39, 0.29) is 16.5 Å². The molecule has 0 aliphatic carbocycles. The average molecular weight is 245 g/mol. The Morgan fingerprint density at radius 2 is 2.11 bits per heavy atom. The predicted octanol–water partition coefficient (Wildman–Crippen LogP) is 3.90. The van der Waals surface area contributed by atoms with Crippen molar-refractivity contribution in [2.45, 2.75) is 26.2 Å². The van der Waals surface area contributed by atoms with Gasteiger partial charge in [0.1, 0.15) is 5.76 Å². The summed E-state index contributed by atoms with van der Waals surface area (Å²) in [5, 5.41) is 11.1. The molecule has 0 fully saturated rings. The molecule has 1 heterocycles. The molecule has 2 aromatic rings. The van der Waals surface area contributed by atoms with Gasteiger partial charge < -0.3 is 4.42 Å². The molecule has 0 aliphatic rings. The van der Waals surface area contributed by atoms with Crippen molar-refractivity contribution < 1.29 is 9.34 Å². The lowest BCUT2D eigenvalue weighted by Gasteiger charge is -2.07. The molecule has 0 atom stereocenters. The second kappa shape index (κ2) is 5.04. The lowest BCUT2D eigenvalue weighted by Crippen LogP contribution is -1.98. The second-order valence-corrected chi connectivity index (χ2v) is 4.56. The molecule has 0 radical (unpaired) electrons. The maximum Gasteiger partial charge on any atom is 0.273 e. The highest BCUT2D eigenvalue weighted by Crippen LogP contribution is 2.26. The number of nitro benzene ring substituents is 1. The van der Waals surface area contributed by atoms with Crippen LogP contribution >= 0.6 is 0 Å². The van der Waals surface area contributed by atoms with Gasteiger partial charge in [0, 0.05) is 18.1 Å². The van der Waals surface area contributed by atoms with Crippen LogP contribution in [0.5, 0.6) is 0 Å². The Hall–Kier alpha value is -2.10. The van der Waals surface area contributed by atoms with Gasteiger partial charge in [-0.25, -0.2) is 0 Å². The van der Waals surface area contributed by atoms with Crippen LogP contribution in [0.1, 0.15) is 36.7 Å². The minimum atomic E-state index is -0.329. The van der Waals surface area contributed by atoms with E-state index in [2.05, 4.69) is 0 Å². The van der Waals surface area contributed by atoms with Gasteiger partial charge in [-0.15, -0.1) is 0 Å². The number of hydrogen-bond donors (Lipinski definition) is 0. The normalized spacial score (nSPS) is 10.8. The minimum Gasteiger partial charge on any atom is -0.469 e. The SMILES string of the molecule is CC(C)c1ccc(Cc2ccco2)c([N+](=O)[O-])c1. The summed E-state index contributed by atoms with van der Waals surface area (Å²) in [4.78, 5) is 10.8. The molecule has 0 saturated heterocycles. The highest BCUT2D eigenvalue weighted by molar-refractivity contribution is 5.45. The Morgan fingerprint density at radius 3 is 2.67 bits per heavy atom. The van der Waals surface area contributed by atoms with Crippen LogP contribution in [0.4, 0.5) is 5.69 Å². The van der Waals surface area contributed by atoms with Crippen molar-refractivity contribution in [1.29, 1.82) is 0 Å². The van der Waals surface area contributed by atoms with Crippen molar-refractivity contribution in [3.63, 3.8) is 0 Å². The summed E-state index contributed by atoms with van der Waals surface area (Å²) >= 11 is 0. The van der Waals surface area contributed by atoms with Gasteiger partial charge in [0.15, 0.2) is 0 Å². The lowest BCUT2D eigenvalue weighted by molar-refractivity contribution is -0.385. The first-order valence-corrected chi connectivity index (χ1v) is 5.87. The van der Waals surface area contributed by atoms with E-state index in [0.717, 1.165) is 11.3 Å². The highest BCUT2D eigenvalue weighted by atomic mass is 16.6. The number of hydrogen-bond acceptors (Lipinski definition) is 3. The van der Waals surface area contributed by atoms with Crippen LogP contribution in [-0.4, -0.2) is 4.92 Å². The van der Waals surface area contributed by atoms with Crippen molar-refractivity contribution in [1.82, 2.24) is 0 Å². The molecule has 4 heteroatoms. The maximum absolute atomic E-state index is 11.1. The van der Waals surface area contributed by atoms with Gasteiger partial charge in [-0.1, -0.05) is 26.0 Å². The Bertz CT molecular complexity index is 544. The van der Waals surface area contributed by atoms with Gasteiger partial charge in [-0.05, 0) is 23.6 Å². The third-order valence-electron chi connectivity index (χ3n) is 2.92. The molecule has 0 unspecified atom stereocenters. The molecule has 94 valence electrons. The highest BCUT2D eigenvalue weighted by Gasteiger charge is 2.16. The molecule has 1 aromatic carbocycles. The smallest absolute Gasteiger partial charge is 0.273 e. The summed E-state index contributed by atoms with van der Waals surface area (Å²) in [6.07, 6.45) is 2.02. The first kappa shape index (κ1) is 12.4.